The number of aliphatic hydroxyl groups is 1. The highest BCUT2D eigenvalue weighted by molar-refractivity contribution is 5.76. The van der Waals surface area contributed by atoms with E-state index in [2.05, 4.69) is 0 Å². The summed E-state index contributed by atoms with van der Waals surface area (Å²) in [5.74, 6) is -0.0160. The fourth-order valence-electron chi connectivity index (χ4n) is 4.13. The number of esters is 1. The third-order valence-electron chi connectivity index (χ3n) is 5.40. The topological polar surface area (TPSA) is 49.8 Å². The van der Waals surface area contributed by atoms with Crippen molar-refractivity contribution in [2.75, 3.05) is 7.11 Å². The highest BCUT2D eigenvalue weighted by Crippen LogP contribution is 2.41. The van der Waals surface area contributed by atoms with E-state index < -0.39 is 23.9 Å². The number of fused-ring (bicyclic) bond motifs is 1. The van der Waals surface area contributed by atoms with Crippen molar-refractivity contribution in [3.63, 3.8) is 0 Å². The quantitative estimate of drug-likeness (QED) is 0.845. The van der Waals surface area contributed by atoms with E-state index in [-0.39, 0.29) is 12.0 Å². The van der Waals surface area contributed by atoms with Gasteiger partial charge in [-0.3, -0.25) is 9.69 Å². The Hall–Kier alpha value is -1.60. The highest BCUT2D eigenvalue weighted by Gasteiger charge is 2.47. The van der Waals surface area contributed by atoms with Gasteiger partial charge in [0, 0.05) is 12.6 Å². The first-order valence-corrected chi connectivity index (χ1v) is 8.47. The molecule has 1 N–H and O–H groups in total. The van der Waals surface area contributed by atoms with Gasteiger partial charge < -0.3 is 9.84 Å². The molecular formula is C18H22F3NO3. The molecule has 1 aliphatic heterocycles. The molecule has 0 spiro atoms. The maximum atomic E-state index is 12.7. The number of halogens is 3. The summed E-state index contributed by atoms with van der Waals surface area (Å²) in [6.45, 7) is 0.367. The van der Waals surface area contributed by atoms with Gasteiger partial charge in [0.05, 0.1) is 18.8 Å². The maximum Gasteiger partial charge on any atom is 0.416 e. The lowest BCUT2D eigenvalue weighted by atomic mass is 9.83. The Bertz CT molecular complexity index is 617. The van der Waals surface area contributed by atoms with E-state index in [0.29, 0.717) is 30.9 Å². The van der Waals surface area contributed by atoms with Crippen LogP contribution in [0.5, 0.6) is 0 Å². The lowest BCUT2D eigenvalue weighted by Crippen LogP contribution is -2.44. The van der Waals surface area contributed by atoms with Crippen molar-refractivity contribution in [3.05, 3.63) is 35.4 Å². The minimum absolute atomic E-state index is 0.0511. The molecule has 25 heavy (non-hydrogen) atoms. The van der Waals surface area contributed by atoms with Crippen LogP contribution < -0.4 is 0 Å². The number of rotatable bonds is 3. The molecule has 1 aromatic carbocycles. The van der Waals surface area contributed by atoms with Gasteiger partial charge in [-0.25, -0.2) is 0 Å². The molecule has 1 aliphatic carbocycles. The first kappa shape index (κ1) is 18.2. The molecule has 1 saturated heterocycles. The van der Waals surface area contributed by atoms with Gasteiger partial charge in [0.25, 0.3) is 0 Å². The lowest BCUT2D eigenvalue weighted by Gasteiger charge is -2.35. The number of likely N-dealkylation sites (tertiary alicyclic amines) is 1. The van der Waals surface area contributed by atoms with E-state index in [4.69, 9.17) is 4.74 Å². The molecule has 0 aromatic heterocycles. The highest BCUT2D eigenvalue weighted by atomic mass is 19.4. The van der Waals surface area contributed by atoms with E-state index >= 15 is 0 Å². The Kier molecular flexibility index (Phi) is 5.06. The second kappa shape index (κ2) is 6.96. The summed E-state index contributed by atoms with van der Waals surface area (Å²) in [7, 11) is 1.34. The Morgan fingerprint density at radius 3 is 2.52 bits per heavy atom. The monoisotopic (exact) mass is 357 g/mol. The average Bonchev–Trinajstić information content (AvgIpc) is 2.92. The molecule has 3 rings (SSSR count). The van der Waals surface area contributed by atoms with Crippen molar-refractivity contribution in [1.29, 1.82) is 0 Å². The maximum absolute atomic E-state index is 12.7. The van der Waals surface area contributed by atoms with Crippen LogP contribution >= 0.6 is 0 Å². The van der Waals surface area contributed by atoms with Crippen molar-refractivity contribution in [2.45, 2.75) is 56.6 Å². The van der Waals surface area contributed by atoms with Gasteiger partial charge in [0.15, 0.2) is 0 Å². The van der Waals surface area contributed by atoms with Gasteiger partial charge in [0.2, 0.25) is 0 Å². The molecule has 4 atom stereocenters. The van der Waals surface area contributed by atoms with E-state index in [1.54, 1.807) is 0 Å². The molecule has 2 fully saturated rings. The average molecular weight is 357 g/mol. The van der Waals surface area contributed by atoms with Gasteiger partial charge in [-0.05, 0) is 49.3 Å². The van der Waals surface area contributed by atoms with Crippen LogP contribution in [0.2, 0.25) is 0 Å². The summed E-state index contributed by atoms with van der Waals surface area (Å²) in [5.41, 5.74) is 0.0239. The Labute approximate surface area is 144 Å². The first-order valence-electron chi connectivity index (χ1n) is 8.47. The Balaban J connectivity index is 1.80. The Morgan fingerprint density at radius 1 is 1.24 bits per heavy atom. The van der Waals surface area contributed by atoms with Crippen LogP contribution in [-0.4, -0.2) is 41.3 Å². The first-order chi connectivity index (χ1) is 11.8. The molecule has 0 bridgehead atoms. The molecule has 4 nitrogen and oxygen atoms in total. The normalized spacial score (nSPS) is 30.1. The summed E-state index contributed by atoms with van der Waals surface area (Å²) >= 11 is 0. The summed E-state index contributed by atoms with van der Waals surface area (Å²) in [6.07, 6.45) is -1.93. The fraction of sp³-hybridized carbons (Fsp3) is 0.611. The zero-order chi connectivity index (χ0) is 18.2. The Morgan fingerprint density at radius 2 is 1.92 bits per heavy atom. The molecule has 1 heterocycles. The van der Waals surface area contributed by atoms with Gasteiger partial charge in [-0.2, -0.15) is 13.2 Å². The number of carbonyl (C=O) groups excluding carboxylic acids is 1. The molecule has 0 radical (unpaired) electrons. The van der Waals surface area contributed by atoms with Crippen molar-refractivity contribution in [1.82, 2.24) is 4.90 Å². The number of ether oxygens (including phenoxy) is 1. The predicted molar refractivity (Wildman–Crippen MR) is 84.5 cm³/mol. The molecule has 0 amide bonds. The smallest absolute Gasteiger partial charge is 0.416 e. The number of carbonyl (C=O) groups is 1. The van der Waals surface area contributed by atoms with Crippen LogP contribution in [0.4, 0.5) is 13.2 Å². The third-order valence-corrected chi connectivity index (χ3v) is 5.40. The second-order valence-electron chi connectivity index (χ2n) is 6.94. The van der Waals surface area contributed by atoms with Gasteiger partial charge in [-0.1, -0.05) is 12.1 Å². The molecule has 0 unspecified atom stereocenters. The minimum atomic E-state index is -4.36. The lowest BCUT2D eigenvalue weighted by molar-refractivity contribution is -0.146. The molecule has 138 valence electrons. The molecule has 1 aromatic rings. The molecule has 2 aliphatic rings. The van der Waals surface area contributed by atoms with Gasteiger partial charge in [-0.15, -0.1) is 0 Å². The van der Waals surface area contributed by atoms with Crippen LogP contribution in [0.15, 0.2) is 24.3 Å². The third kappa shape index (κ3) is 3.82. The van der Waals surface area contributed by atoms with Crippen molar-refractivity contribution < 1.29 is 27.8 Å². The second-order valence-corrected chi connectivity index (χ2v) is 6.94. The van der Waals surface area contributed by atoms with Crippen LogP contribution in [0.25, 0.3) is 0 Å². The zero-order valence-electron chi connectivity index (χ0n) is 14.0. The van der Waals surface area contributed by atoms with Crippen molar-refractivity contribution in [2.24, 2.45) is 5.92 Å². The number of benzene rings is 1. The van der Waals surface area contributed by atoms with Gasteiger partial charge >= 0.3 is 12.1 Å². The number of aliphatic hydroxyl groups excluding tert-OH is 1. The van der Waals surface area contributed by atoms with Crippen LogP contribution in [-0.2, 0) is 22.3 Å². The van der Waals surface area contributed by atoms with Crippen LogP contribution in [0.1, 0.15) is 36.8 Å². The number of alkyl halides is 3. The molecule has 1 saturated carbocycles. The minimum Gasteiger partial charge on any atom is -0.468 e. The summed E-state index contributed by atoms with van der Waals surface area (Å²) < 4.78 is 43.0. The van der Waals surface area contributed by atoms with Crippen molar-refractivity contribution in [3.8, 4) is 0 Å². The summed E-state index contributed by atoms with van der Waals surface area (Å²) in [4.78, 5) is 14.1. The largest absolute Gasteiger partial charge is 0.468 e. The number of hydrogen-bond acceptors (Lipinski definition) is 4. The molecule has 7 heteroatoms. The van der Waals surface area contributed by atoms with Crippen LogP contribution in [0.3, 0.4) is 0 Å². The predicted octanol–water partition coefficient (Wildman–Crippen LogP) is 2.98. The van der Waals surface area contributed by atoms with Gasteiger partial charge in [0.1, 0.15) is 6.04 Å². The standard InChI is InChI=1S/C18H22F3NO3/c1-25-17(24)16-8-12-4-7-14(23)9-15(12)22(16)10-11-2-5-13(6-3-11)18(19,20)21/h2-3,5-6,12,14-16,23H,4,7-10H2,1H3/t12-,14-,15-,16+/m1/s1. The summed E-state index contributed by atoms with van der Waals surface area (Å²) in [6, 6.07) is 4.66. The number of hydrogen-bond donors (Lipinski definition) is 1. The van der Waals surface area contributed by atoms with E-state index in [1.165, 1.54) is 19.2 Å². The number of methoxy groups -OCH3 is 1. The summed E-state index contributed by atoms with van der Waals surface area (Å²) in [5, 5.41) is 9.98. The van der Waals surface area contributed by atoms with Crippen molar-refractivity contribution >= 4 is 5.97 Å². The fourth-order valence-corrected chi connectivity index (χ4v) is 4.13. The molecular weight excluding hydrogens is 335 g/mol. The number of nitrogens with zero attached hydrogens (tertiary/aromatic N) is 1. The zero-order valence-corrected chi connectivity index (χ0v) is 14.0. The van der Waals surface area contributed by atoms with E-state index in [1.807, 2.05) is 4.90 Å². The van der Waals surface area contributed by atoms with Crippen LogP contribution in [0, 0.1) is 5.92 Å². The van der Waals surface area contributed by atoms with E-state index in [9.17, 15) is 23.1 Å². The van der Waals surface area contributed by atoms with E-state index in [0.717, 1.165) is 25.0 Å². The SMILES string of the molecule is COC(=O)[C@@H]1C[C@H]2CC[C@@H](O)C[C@H]2N1Cc1ccc(C(F)(F)F)cc1.